The lowest BCUT2D eigenvalue weighted by atomic mass is 10.3. The van der Waals surface area contributed by atoms with Gasteiger partial charge in [-0.05, 0) is 12.8 Å². The molecule has 2 rings (SSSR count). The van der Waals surface area contributed by atoms with Crippen LogP contribution in [0.3, 0.4) is 0 Å². The fourth-order valence-corrected chi connectivity index (χ4v) is 3.40. The minimum atomic E-state index is -2.91. The lowest BCUT2D eigenvalue weighted by Crippen LogP contribution is -2.20. The van der Waals surface area contributed by atoms with Gasteiger partial charge in [0.1, 0.15) is 0 Å². The normalized spacial score (nSPS) is 22.8. The fraction of sp³-hybridized carbons (Fsp3) is 0.778. The Morgan fingerprint density at radius 1 is 1.47 bits per heavy atom. The molecule has 1 saturated heterocycles. The van der Waals surface area contributed by atoms with Crippen molar-refractivity contribution in [3.8, 4) is 0 Å². The van der Waals surface area contributed by atoms with E-state index in [-0.39, 0.29) is 30.2 Å². The van der Waals surface area contributed by atoms with Crippen molar-refractivity contribution in [1.82, 2.24) is 10.2 Å². The third kappa shape index (κ3) is 3.40. The van der Waals surface area contributed by atoms with E-state index in [1.54, 1.807) is 0 Å². The number of anilines is 1. The molecule has 0 bridgehead atoms. The van der Waals surface area contributed by atoms with E-state index in [1.165, 1.54) is 0 Å². The number of nitrogens with one attached hydrogen (secondary N) is 1. The Morgan fingerprint density at radius 2 is 2.29 bits per heavy atom. The largest absolute Gasteiger partial charge is 0.408 e. The quantitative estimate of drug-likeness (QED) is 0.742. The number of aliphatic hydroxyl groups excluding tert-OH is 1. The molecule has 0 saturated carbocycles. The van der Waals surface area contributed by atoms with E-state index < -0.39 is 9.84 Å². The van der Waals surface area contributed by atoms with Crippen LogP contribution in [0.4, 0.5) is 6.01 Å². The number of nitrogens with zero attached hydrogens (tertiary/aromatic N) is 2. The second kappa shape index (κ2) is 5.01. The molecule has 1 aliphatic rings. The topological polar surface area (TPSA) is 105 Å². The van der Waals surface area contributed by atoms with Crippen molar-refractivity contribution in [3.63, 3.8) is 0 Å². The average molecular weight is 261 g/mol. The van der Waals surface area contributed by atoms with E-state index in [9.17, 15) is 8.42 Å². The molecule has 1 aromatic rings. The molecule has 7 nitrogen and oxygen atoms in total. The molecule has 1 atom stereocenters. The minimum absolute atomic E-state index is 0.0754. The van der Waals surface area contributed by atoms with Crippen molar-refractivity contribution in [3.05, 3.63) is 5.89 Å². The molecule has 2 N–H and O–H groups in total. The lowest BCUT2D eigenvalue weighted by molar-refractivity contribution is 0.283. The van der Waals surface area contributed by atoms with E-state index in [0.29, 0.717) is 25.2 Å². The van der Waals surface area contributed by atoms with Gasteiger partial charge in [0, 0.05) is 19.1 Å². The summed E-state index contributed by atoms with van der Waals surface area (Å²) in [6, 6.07) is 0.103. The van der Waals surface area contributed by atoms with Gasteiger partial charge in [0.15, 0.2) is 9.84 Å². The third-order valence-electron chi connectivity index (χ3n) is 2.58. The Balaban J connectivity index is 1.89. The highest BCUT2D eigenvalue weighted by atomic mass is 32.2. The first-order chi connectivity index (χ1) is 8.09. The third-order valence-corrected chi connectivity index (χ3v) is 4.34. The monoisotopic (exact) mass is 261 g/mol. The van der Waals surface area contributed by atoms with Crippen LogP contribution < -0.4 is 5.32 Å². The van der Waals surface area contributed by atoms with Crippen molar-refractivity contribution in [2.24, 2.45) is 0 Å². The molecule has 17 heavy (non-hydrogen) atoms. The number of hydrogen-bond acceptors (Lipinski definition) is 7. The Kier molecular flexibility index (Phi) is 3.63. The maximum atomic E-state index is 11.2. The Bertz CT molecular complexity index is 470. The second-order valence-electron chi connectivity index (χ2n) is 4.07. The van der Waals surface area contributed by atoms with Gasteiger partial charge >= 0.3 is 6.01 Å². The first-order valence-electron chi connectivity index (χ1n) is 5.49. The highest BCUT2D eigenvalue weighted by Crippen LogP contribution is 2.16. The SMILES string of the molecule is O=S1(=O)CCC(Nc2nnc(CCCO)o2)C1. The zero-order chi connectivity index (χ0) is 12.3. The van der Waals surface area contributed by atoms with Gasteiger partial charge < -0.3 is 14.8 Å². The van der Waals surface area contributed by atoms with E-state index in [2.05, 4.69) is 15.5 Å². The van der Waals surface area contributed by atoms with Crippen LogP contribution in [0, 0.1) is 0 Å². The van der Waals surface area contributed by atoms with E-state index >= 15 is 0 Å². The van der Waals surface area contributed by atoms with Gasteiger partial charge in [-0.15, -0.1) is 5.10 Å². The first kappa shape index (κ1) is 12.3. The molecule has 96 valence electrons. The summed E-state index contributed by atoms with van der Waals surface area (Å²) < 4.78 is 27.8. The molecule has 8 heteroatoms. The highest BCUT2D eigenvalue weighted by Gasteiger charge is 2.28. The molecule has 0 radical (unpaired) electrons. The number of aliphatic hydroxyl groups is 1. The molecule has 0 spiro atoms. The predicted octanol–water partition coefficient (Wildman–Crippen LogP) is -0.407. The average Bonchev–Trinajstić information content (AvgIpc) is 2.83. The smallest absolute Gasteiger partial charge is 0.315 e. The Labute approximate surface area is 99.2 Å². The standard InChI is InChI=1S/C9H15N3O4S/c13-4-1-2-8-11-12-9(16-8)10-7-3-5-17(14,15)6-7/h7,13H,1-6H2,(H,10,12). The van der Waals surface area contributed by atoms with Gasteiger partial charge in [0.05, 0.1) is 11.5 Å². The lowest BCUT2D eigenvalue weighted by Gasteiger charge is -2.06. The predicted molar refractivity (Wildman–Crippen MR) is 60.4 cm³/mol. The molecule has 0 amide bonds. The molecule has 1 fully saturated rings. The zero-order valence-electron chi connectivity index (χ0n) is 9.29. The number of aromatic nitrogens is 2. The van der Waals surface area contributed by atoms with Gasteiger partial charge in [0.2, 0.25) is 5.89 Å². The van der Waals surface area contributed by atoms with Crippen LogP contribution in [-0.2, 0) is 16.3 Å². The Hall–Kier alpha value is -1.15. The van der Waals surface area contributed by atoms with Gasteiger partial charge in [-0.1, -0.05) is 5.10 Å². The molecule has 1 aromatic heterocycles. The van der Waals surface area contributed by atoms with Gasteiger partial charge in [-0.2, -0.15) is 0 Å². The van der Waals surface area contributed by atoms with Crippen molar-refractivity contribution in [2.45, 2.75) is 25.3 Å². The highest BCUT2D eigenvalue weighted by molar-refractivity contribution is 7.91. The molecular weight excluding hydrogens is 246 g/mol. The van der Waals surface area contributed by atoms with Crippen LogP contribution in [0.5, 0.6) is 0 Å². The summed E-state index contributed by atoms with van der Waals surface area (Å²) >= 11 is 0. The summed E-state index contributed by atoms with van der Waals surface area (Å²) in [4.78, 5) is 0. The summed E-state index contributed by atoms with van der Waals surface area (Å²) in [7, 11) is -2.91. The van der Waals surface area contributed by atoms with E-state index in [0.717, 1.165) is 0 Å². The summed E-state index contributed by atoms with van der Waals surface area (Å²) in [5.41, 5.74) is 0. The van der Waals surface area contributed by atoms with Crippen molar-refractivity contribution < 1.29 is 17.9 Å². The van der Waals surface area contributed by atoms with E-state index in [1.807, 2.05) is 0 Å². The minimum Gasteiger partial charge on any atom is -0.408 e. The Morgan fingerprint density at radius 3 is 2.94 bits per heavy atom. The zero-order valence-corrected chi connectivity index (χ0v) is 10.1. The maximum Gasteiger partial charge on any atom is 0.315 e. The van der Waals surface area contributed by atoms with Crippen molar-refractivity contribution >= 4 is 15.9 Å². The maximum absolute atomic E-state index is 11.2. The number of hydrogen-bond donors (Lipinski definition) is 2. The van der Waals surface area contributed by atoms with E-state index in [4.69, 9.17) is 9.52 Å². The number of sulfone groups is 1. The van der Waals surface area contributed by atoms with Crippen LogP contribution in [0.25, 0.3) is 0 Å². The summed E-state index contributed by atoms with van der Waals surface area (Å²) in [5, 5.41) is 19.1. The number of rotatable bonds is 5. The molecule has 0 aromatic carbocycles. The van der Waals surface area contributed by atoms with Crippen LogP contribution >= 0.6 is 0 Å². The van der Waals surface area contributed by atoms with Crippen molar-refractivity contribution in [2.75, 3.05) is 23.4 Å². The van der Waals surface area contributed by atoms with Crippen LogP contribution in [0.1, 0.15) is 18.7 Å². The molecule has 1 aliphatic heterocycles. The molecule has 0 aliphatic carbocycles. The van der Waals surface area contributed by atoms with Crippen LogP contribution in [0.15, 0.2) is 4.42 Å². The molecule has 1 unspecified atom stereocenters. The van der Waals surface area contributed by atoms with Crippen molar-refractivity contribution in [1.29, 1.82) is 0 Å². The van der Waals surface area contributed by atoms with Gasteiger partial charge in [-0.3, -0.25) is 0 Å². The van der Waals surface area contributed by atoms with Gasteiger partial charge in [-0.25, -0.2) is 8.42 Å². The fourth-order valence-electron chi connectivity index (χ4n) is 1.73. The van der Waals surface area contributed by atoms with Crippen LogP contribution in [-0.4, -0.2) is 47.9 Å². The second-order valence-corrected chi connectivity index (χ2v) is 6.30. The number of aryl methyl sites for hydroxylation is 1. The molecular formula is C9H15N3O4S. The summed E-state index contributed by atoms with van der Waals surface area (Å²) in [6.45, 7) is 0.0754. The summed E-state index contributed by atoms with van der Waals surface area (Å²) in [6.07, 6.45) is 1.66. The summed E-state index contributed by atoms with van der Waals surface area (Å²) in [5.74, 6) is 0.764. The molecule has 2 heterocycles. The van der Waals surface area contributed by atoms with Crippen LogP contribution in [0.2, 0.25) is 0 Å². The first-order valence-corrected chi connectivity index (χ1v) is 7.31. The van der Waals surface area contributed by atoms with Gasteiger partial charge in [0.25, 0.3) is 0 Å².